The van der Waals surface area contributed by atoms with Crippen molar-refractivity contribution in [3.63, 3.8) is 0 Å². The van der Waals surface area contributed by atoms with Gasteiger partial charge in [0.15, 0.2) is 0 Å². The molecule has 0 saturated heterocycles. The fourth-order valence-electron chi connectivity index (χ4n) is 2.38. The Labute approximate surface area is 109 Å². The number of aromatic nitrogens is 3. The molecule has 2 rings (SSSR count). The van der Waals surface area contributed by atoms with Crippen LogP contribution in [0, 0.1) is 27.7 Å². The van der Waals surface area contributed by atoms with Crippen LogP contribution in [0.5, 0.6) is 0 Å². The fourth-order valence-corrected chi connectivity index (χ4v) is 2.38. The van der Waals surface area contributed by atoms with E-state index in [9.17, 15) is 0 Å². The highest BCUT2D eigenvalue weighted by Gasteiger charge is 2.22. The van der Waals surface area contributed by atoms with Gasteiger partial charge in [-0.3, -0.25) is 0 Å². The molecule has 0 aliphatic rings. The Hall–Kier alpha value is -1.51. The molecule has 0 aliphatic heterocycles. The zero-order chi connectivity index (χ0) is 13.7. The molecule has 0 saturated carbocycles. The Morgan fingerprint density at radius 3 is 1.89 bits per heavy atom. The Kier molecular flexibility index (Phi) is 2.88. The van der Waals surface area contributed by atoms with Gasteiger partial charge >= 0.3 is 0 Å². The highest BCUT2D eigenvalue weighted by atomic mass is 14.9. The number of rotatable bonds is 0. The number of fused-ring (bicyclic) bond motifs is 1. The van der Waals surface area contributed by atoms with Crippen molar-refractivity contribution >= 4 is 11.0 Å². The van der Waals surface area contributed by atoms with Gasteiger partial charge < -0.3 is 0 Å². The van der Waals surface area contributed by atoms with Crippen molar-refractivity contribution in [2.75, 3.05) is 0 Å². The SMILES string of the molecule is Cc1nc(C)c2nc(C(C)(C)C)c(C)c(C)c2n1. The second-order valence-corrected chi connectivity index (χ2v) is 6.01. The van der Waals surface area contributed by atoms with Gasteiger partial charge in [-0.05, 0) is 38.8 Å². The number of pyridine rings is 1. The van der Waals surface area contributed by atoms with Gasteiger partial charge in [0.2, 0.25) is 0 Å². The van der Waals surface area contributed by atoms with E-state index in [4.69, 9.17) is 4.98 Å². The standard InChI is InChI=1S/C15H21N3/c1-8-9(2)14(15(5,6)7)18-13-10(3)16-11(4)17-12(8)13/h1-7H3. The third kappa shape index (κ3) is 1.98. The summed E-state index contributed by atoms with van der Waals surface area (Å²) in [5, 5.41) is 0. The molecule has 0 fully saturated rings. The van der Waals surface area contributed by atoms with Crippen LogP contribution in [0.15, 0.2) is 0 Å². The maximum absolute atomic E-state index is 4.82. The summed E-state index contributed by atoms with van der Waals surface area (Å²) < 4.78 is 0. The Bertz CT molecular complexity index is 622. The number of aryl methyl sites for hydroxylation is 3. The Morgan fingerprint density at radius 1 is 0.722 bits per heavy atom. The van der Waals surface area contributed by atoms with Gasteiger partial charge in [0.1, 0.15) is 11.3 Å². The van der Waals surface area contributed by atoms with E-state index in [0.717, 1.165) is 28.2 Å². The van der Waals surface area contributed by atoms with Crippen molar-refractivity contribution in [1.82, 2.24) is 15.0 Å². The first-order valence-electron chi connectivity index (χ1n) is 6.34. The third-order valence-electron chi connectivity index (χ3n) is 3.38. The molecule has 0 unspecified atom stereocenters. The van der Waals surface area contributed by atoms with Crippen LogP contribution in [0.1, 0.15) is 49.1 Å². The van der Waals surface area contributed by atoms with E-state index in [1.54, 1.807) is 0 Å². The molecule has 0 aromatic carbocycles. The summed E-state index contributed by atoms with van der Waals surface area (Å²) in [5.74, 6) is 0.813. The first-order valence-corrected chi connectivity index (χ1v) is 6.34. The molecular formula is C15H21N3. The van der Waals surface area contributed by atoms with E-state index < -0.39 is 0 Å². The number of hydrogen-bond donors (Lipinski definition) is 0. The predicted molar refractivity (Wildman–Crippen MR) is 75.0 cm³/mol. The lowest BCUT2D eigenvalue weighted by molar-refractivity contribution is 0.566. The molecule has 0 bridgehead atoms. The smallest absolute Gasteiger partial charge is 0.126 e. The monoisotopic (exact) mass is 243 g/mol. The molecule has 0 aliphatic carbocycles. The molecule has 2 aromatic heterocycles. The molecule has 0 radical (unpaired) electrons. The Morgan fingerprint density at radius 2 is 1.33 bits per heavy atom. The van der Waals surface area contributed by atoms with Gasteiger partial charge in [0, 0.05) is 11.1 Å². The quantitative estimate of drug-likeness (QED) is 0.710. The largest absolute Gasteiger partial charge is 0.248 e. The first kappa shape index (κ1) is 12.9. The molecule has 0 atom stereocenters. The molecule has 0 amide bonds. The van der Waals surface area contributed by atoms with Crippen LogP contribution in [-0.2, 0) is 5.41 Å². The summed E-state index contributed by atoms with van der Waals surface area (Å²) in [5.41, 5.74) is 6.54. The summed E-state index contributed by atoms with van der Waals surface area (Å²) in [6.45, 7) is 14.8. The zero-order valence-electron chi connectivity index (χ0n) is 12.3. The van der Waals surface area contributed by atoms with E-state index in [-0.39, 0.29) is 5.41 Å². The van der Waals surface area contributed by atoms with E-state index in [1.807, 2.05) is 13.8 Å². The van der Waals surface area contributed by atoms with Crippen molar-refractivity contribution in [2.45, 2.75) is 53.9 Å². The molecular weight excluding hydrogens is 222 g/mol. The first-order chi connectivity index (χ1) is 8.21. The summed E-state index contributed by atoms with van der Waals surface area (Å²) in [6.07, 6.45) is 0. The number of nitrogens with zero attached hydrogens (tertiary/aromatic N) is 3. The van der Waals surface area contributed by atoms with Crippen LogP contribution in [0.2, 0.25) is 0 Å². The summed E-state index contributed by atoms with van der Waals surface area (Å²) in [6, 6.07) is 0. The van der Waals surface area contributed by atoms with E-state index in [0.29, 0.717) is 0 Å². The molecule has 0 spiro atoms. The fraction of sp³-hybridized carbons (Fsp3) is 0.533. The second kappa shape index (κ2) is 4.01. The topological polar surface area (TPSA) is 38.7 Å². The average Bonchev–Trinajstić information content (AvgIpc) is 2.22. The molecule has 2 heterocycles. The summed E-state index contributed by atoms with van der Waals surface area (Å²) >= 11 is 0. The van der Waals surface area contributed by atoms with Gasteiger partial charge in [0.05, 0.1) is 11.2 Å². The van der Waals surface area contributed by atoms with Crippen molar-refractivity contribution in [3.8, 4) is 0 Å². The van der Waals surface area contributed by atoms with Crippen molar-refractivity contribution in [1.29, 1.82) is 0 Å². The average molecular weight is 243 g/mol. The summed E-state index contributed by atoms with van der Waals surface area (Å²) in [4.78, 5) is 13.8. The van der Waals surface area contributed by atoms with Crippen LogP contribution in [0.3, 0.4) is 0 Å². The van der Waals surface area contributed by atoms with Crippen LogP contribution >= 0.6 is 0 Å². The van der Waals surface area contributed by atoms with Crippen LogP contribution in [-0.4, -0.2) is 15.0 Å². The van der Waals surface area contributed by atoms with Gasteiger partial charge in [-0.2, -0.15) is 0 Å². The maximum atomic E-state index is 4.82. The van der Waals surface area contributed by atoms with Crippen LogP contribution < -0.4 is 0 Å². The van der Waals surface area contributed by atoms with Gasteiger partial charge in [-0.15, -0.1) is 0 Å². The zero-order valence-corrected chi connectivity index (χ0v) is 12.3. The normalized spacial score (nSPS) is 12.2. The molecule has 0 N–H and O–H groups in total. The highest BCUT2D eigenvalue weighted by molar-refractivity contribution is 5.81. The molecule has 96 valence electrons. The maximum Gasteiger partial charge on any atom is 0.126 e. The summed E-state index contributed by atoms with van der Waals surface area (Å²) in [7, 11) is 0. The van der Waals surface area contributed by atoms with E-state index in [1.165, 1.54) is 11.1 Å². The second-order valence-electron chi connectivity index (χ2n) is 6.01. The molecule has 3 heteroatoms. The van der Waals surface area contributed by atoms with Crippen molar-refractivity contribution in [3.05, 3.63) is 28.3 Å². The lowest BCUT2D eigenvalue weighted by Gasteiger charge is -2.22. The van der Waals surface area contributed by atoms with Crippen LogP contribution in [0.4, 0.5) is 0 Å². The Balaban J connectivity index is 2.93. The van der Waals surface area contributed by atoms with Gasteiger partial charge in [-0.25, -0.2) is 15.0 Å². The van der Waals surface area contributed by atoms with Crippen molar-refractivity contribution in [2.24, 2.45) is 0 Å². The minimum atomic E-state index is 0.0420. The lowest BCUT2D eigenvalue weighted by Crippen LogP contribution is -2.17. The van der Waals surface area contributed by atoms with Crippen molar-refractivity contribution < 1.29 is 0 Å². The molecule has 2 aromatic rings. The lowest BCUT2D eigenvalue weighted by atomic mass is 9.87. The van der Waals surface area contributed by atoms with E-state index >= 15 is 0 Å². The van der Waals surface area contributed by atoms with E-state index in [2.05, 4.69) is 44.6 Å². The minimum Gasteiger partial charge on any atom is -0.248 e. The minimum absolute atomic E-state index is 0.0420. The number of hydrogen-bond acceptors (Lipinski definition) is 3. The predicted octanol–water partition coefficient (Wildman–Crippen LogP) is 3.56. The van der Waals surface area contributed by atoms with Gasteiger partial charge in [0.25, 0.3) is 0 Å². The molecule has 18 heavy (non-hydrogen) atoms. The third-order valence-corrected chi connectivity index (χ3v) is 3.38. The highest BCUT2D eigenvalue weighted by Crippen LogP contribution is 2.29. The van der Waals surface area contributed by atoms with Crippen LogP contribution in [0.25, 0.3) is 11.0 Å². The van der Waals surface area contributed by atoms with Gasteiger partial charge in [-0.1, -0.05) is 20.8 Å². The molecule has 3 nitrogen and oxygen atoms in total.